The molecule has 0 unspecified atom stereocenters. The minimum atomic E-state index is -1.00. The zero-order valence-electron chi connectivity index (χ0n) is 14.2. The second-order valence-corrected chi connectivity index (χ2v) is 6.32. The molecule has 7 heteroatoms. The lowest BCUT2D eigenvalue weighted by Crippen LogP contribution is -2.51. The smallest absolute Gasteiger partial charge is 0.254 e. The Labute approximate surface area is 149 Å². The van der Waals surface area contributed by atoms with E-state index in [0.717, 1.165) is 18.2 Å². The van der Waals surface area contributed by atoms with Crippen LogP contribution in [-0.2, 0) is 0 Å². The lowest BCUT2D eigenvalue weighted by atomic mass is 10.0. The van der Waals surface area contributed by atoms with Crippen LogP contribution in [0.2, 0.25) is 0 Å². The van der Waals surface area contributed by atoms with Gasteiger partial charge in [-0.15, -0.1) is 0 Å². The number of β-amino-alcohol motifs (C(OH)–C–C–N with tert-alkyl or cyclic N) is 1. The van der Waals surface area contributed by atoms with Gasteiger partial charge in [0.2, 0.25) is 0 Å². The largest absolute Gasteiger partial charge is 0.508 e. The van der Waals surface area contributed by atoms with E-state index in [2.05, 4.69) is 0 Å². The second kappa shape index (κ2) is 7.29. The number of phenols is 1. The number of amides is 1. The Morgan fingerprint density at radius 3 is 2.58 bits per heavy atom. The van der Waals surface area contributed by atoms with Crippen LogP contribution >= 0.6 is 0 Å². The van der Waals surface area contributed by atoms with Crippen LogP contribution in [0.1, 0.15) is 22.3 Å². The van der Waals surface area contributed by atoms with Crippen LogP contribution in [-0.4, -0.2) is 46.3 Å². The van der Waals surface area contributed by atoms with Crippen LogP contribution in [0.4, 0.5) is 8.78 Å². The molecule has 0 radical (unpaired) electrons. The van der Waals surface area contributed by atoms with Gasteiger partial charge in [0.15, 0.2) is 0 Å². The average Bonchev–Trinajstić information content (AvgIpc) is 2.57. The van der Waals surface area contributed by atoms with Gasteiger partial charge in [0.25, 0.3) is 5.91 Å². The van der Waals surface area contributed by atoms with Crippen molar-refractivity contribution in [3.8, 4) is 11.5 Å². The summed E-state index contributed by atoms with van der Waals surface area (Å²) in [5.41, 5.74) is 0.837. The summed E-state index contributed by atoms with van der Waals surface area (Å²) < 4.78 is 32.0. The number of carbonyl (C=O) groups is 1. The van der Waals surface area contributed by atoms with Gasteiger partial charge >= 0.3 is 0 Å². The zero-order chi connectivity index (χ0) is 18.8. The summed E-state index contributed by atoms with van der Waals surface area (Å²) in [6, 6.07) is 7.52. The molecule has 2 aromatic rings. The summed E-state index contributed by atoms with van der Waals surface area (Å²) in [4.78, 5) is 14.1. The number of aliphatic hydroxyl groups is 1. The molecule has 1 aliphatic heterocycles. The highest BCUT2D eigenvalue weighted by Gasteiger charge is 2.32. The first-order valence-corrected chi connectivity index (χ1v) is 8.24. The van der Waals surface area contributed by atoms with Crippen LogP contribution in [0.3, 0.4) is 0 Å². The minimum absolute atomic E-state index is 0.00449. The van der Waals surface area contributed by atoms with Crippen molar-refractivity contribution in [1.82, 2.24) is 4.90 Å². The van der Waals surface area contributed by atoms with E-state index >= 15 is 0 Å². The summed E-state index contributed by atoms with van der Waals surface area (Å²) in [5, 5.41) is 20.1. The molecular weight excluding hydrogens is 344 g/mol. The Balaban J connectivity index is 1.68. The van der Waals surface area contributed by atoms with Gasteiger partial charge in [-0.3, -0.25) is 4.79 Å². The van der Waals surface area contributed by atoms with Gasteiger partial charge in [-0.1, -0.05) is 6.07 Å². The molecule has 1 saturated heterocycles. The first-order valence-electron chi connectivity index (χ1n) is 8.24. The van der Waals surface area contributed by atoms with Crippen molar-refractivity contribution in [1.29, 1.82) is 0 Å². The van der Waals surface area contributed by atoms with E-state index in [4.69, 9.17) is 4.74 Å². The van der Waals surface area contributed by atoms with Gasteiger partial charge in [-0.05, 0) is 19.1 Å². The number of phenolic OH excluding ortho intramolecular Hbond substituents is 1. The molecule has 1 fully saturated rings. The third-order valence-electron chi connectivity index (χ3n) is 4.47. The number of carbonyl (C=O) groups excluding carboxylic acids is 1. The Morgan fingerprint density at radius 1 is 1.23 bits per heavy atom. The molecule has 0 aromatic heterocycles. The molecule has 138 valence electrons. The Hall–Kier alpha value is -2.67. The molecule has 1 aliphatic rings. The summed E-state index contributed by atoms with van der Waals surface area (Å²) in [7, 11) is 0. The fourth-order valence-corrected chi connectivity index (χ4v) is 3.03. The number of likely N-dealkylation sites (tertiary alicyclic amines) is 1. The number of aliphatic hydroxyl groups excluding tert-OH is 1. The molecule has 3 rings (SSSR count). The minimum Gasteiger partial charge on any atom is -0.508 e. The van der Waals surface area contributed by atoms with Crippen LogP contribution < -0.4 is 4.74 Å². The normalized spacial score (nSPS) is 20.1. The fraction of sp³-hybridized carbons (Fsp3) is 0.316. The molecule has 2 N–H and O–H groups in total. The first-order chi connectivity index (χ1) is 12.3. The Bertz CT molecular complexity index is 807. The molecule has 0 saturated carbocycles. The highest BCUT2D eigenvalue weighted by atomic mass is 19.1. The molecular formula is C19H19F2NO4. The third-order valence-corrected chi connectivity index (χ3v) is 4.47. The standard InChI is InChI=1S/C19H19F2NO4/c1-11-15(3-2-4-16(11)23)19(25)22-6-5-18(17(24)10-22)26-14-8-12(20)7-13(21)9-14/h2-4,7-9,17-18,23-24H,5-6,10H2,1H3/t17-,18-/m1/s1. The van der Waals surface area contributed by atoms with E-state index in [-0.39, 0.29) is 24.0 Å². The van der Waals surface area contributed by atoms with Crippen molar-refractivity contribution in [2.45, 2.75) is 25.6 Å². The zero-order valence-corrected chi connectivity index (χ0v) is 14.2. The predicted octanol–water partition coefficient (Wildman–Crippen LogP) is 2.63. The molecule has 2 atom stereocenters. The van der Waals surface area contributed by atoms with Crippen molar-refractivity contribution < 1.29 is 28.5 Å². The maximum absolute atomic E-state index is 13.2. The highest BCUT2D eigenvalue weighted by molar-refractivity contribution is 5.96. The lowest BCUT2D eigenvalue weighted by Gasteiger charge is -2.36. The number of aromatic hydroxyl groups is 1. The van der Waals surface area contributed by atoms with E-state index in [0.29, 0.717) is 24.1 Å². The number of hydrogen-bond acceptors (Lipinski definition) is 4. The topological polar surface area (TPSA) is 70.0 Å². The quantitative estimate of drug-likeness (QED) is 0.880. The third kappa shape index (κ3) is 3.77. The van der Waals surface area contributed by atoms with Gasteiger partial charge in [-0.25, -0.2) is 8.78 Å². The van der Waals surface area contributed by atoms with Gasteiger partial charge in [0, 0.05) is 42.3 Å². The number of hydrogen-bond donors (Lipinski definition) is 2. The average molecular weight is 363 g/mol. The van der Waals surface area contributed by atoms with Gasteiger partial charge in [0.05, 0.1) is 6.54 Å². The molecule has 0 bridgehead atoms. The summed E-state index contributed by atoms with van der Waals surface area (Å²) in [5.74, 6) is -1.80. The summed E-state index contributed by atoms with van der Waals surface area (Å²) in [6.07, 6.45) is -1.37. The predicted molar refractivity (Wildman–Crippen MR) is 90.1 cm³/mol. The number of halogens is 2. The molecule has 1 amide bonds. The number of piperidine rings is 1. The van der Waals surface area contributed by atoms with E-state index in [1.54, 1.807) is 19.1 Å². The Kier molecular flexibility index (Phi) is 5.08. The van der Waals surface area contributed by atoms with Crippen LogP contribution in [0.5, 0.6) is 11.5 Å². The van der Waals surface area contributed by atoms with Crippen molar-refractivity contribution in [3.05, 3.63) is 59.2 Å². The van der Waals surface area contributed by atoms with Gasteiger partial charge in [0.1, 0.15) is 35.3 Å². The number of nitrogens with zero attached hydrogens (tertiary/aromatic N) is 1. The molecule has 1 heterocycles. The summed E-state index contributed by atoms with van der Waals surface area (Å²) in [6.45, 7) is 1.98. The molecule has 5 nitrogen and oxygen atoms in total. The van der Waals surface area contributed by atoms with Crippen molar-refractivity contribution in [2.75, 3.05) is 13.1 Å². The number of rotatable bonds is 3. The second-order valence-electron chi connectivity index (χ2n) is 6.32. The van der Waals surface area contributed by atoms with Crippen LogP contribution in [0, 0.1) is 18.6 Å². The summed E-state index contributed by atoms with van der Waals surface area (Å²) >= 11 is 0. The number of benzene rings is 2. The fourth-order valence-electron chi connectivity index (χ4n) is 3.03. The Morgan fingerprint density at radius 2 is 1.92 bits per heavy atom. The van der Waals surface area contributed by atoms with Crippen LogP contribution in [0.25, 0.3) is 0 Å². The van der Waals surface area contributed by atoms with Gasteiger partial charge in [-0.2, -0.15) is 0 Å². The highest BCUT2D eigenvalue weighted by Crippen LogP contribution is 2.25. The SMILES string of the molecule is Cc1c(O)cccc1C(=O)N1CC[C@@H](Oc2cc(F)cc(F)c2)[C@H](O)C1. The maximum Gasteiger partial charge on any atom is 0.254 e. The lowest BCUT2D eigenvalue weighted by molar-refractivity contribution is -0.0201. The number of ether oxygens (including phenoxy) is 1. The van der Waals surface area contributed by atoms with Crippen molar-refractivity contribution >= 4 is 5.91 Å². The van der Waals surface area contributed by atoms with Gasteiger partial charge < -0.3 is 19.8 Å². The van der Waals surface area contributed by atoms with E-state index in [1.165, 1.54) is 11.0 Å². The van der Waals surface area contributed by atoms with E-state index in [9.17, 15) is 23.8 Å². The first kappa shape index (κ1) is 18.1. The molecule has 0 aliphatic carbocycles. The maximum atomic E-state index is 13.2. The van der Waals surface area contributed by atoms with Crippen LogP contribution in [0.15, 0.2) is 36.4 Å². The van der Waals surface area contributed by atoms with Crippen molar-refractivity contribution in [3.63, 3.8) is 0 Å². The molecule has 26 heavy (non-hydrogen) atoms. The van der Waals surface area contributed by atoms with E-state index < -0.39 is 23.8 Å². The van der Waals surface area contributed by atoms with E-state index in [1.807, 2.05) is 0 Å². The van der Waals surface area contributed by atoms with Crippen molar-refractivity contribution in [2.24, 2.45) is 0 Å². The molecule has 0 spiro atoms. The monoisotopic (exact) mass is 363 g/mol. The molecule has 2 aromatic carbocycles.